The van der Waals surface area contributed by atoms with Crippen molar-refractivity contribution in [2.75, 3.05) is 25.0 Å². The van der Waals surface area contributed by atoms with Crippen molar-refractivity contribution in [3.63, 3.8) is 0 Å². The summed E-state index contributed by atoms with van der Waals surface area (Å²) in [6, 6.07) is 8.98. The van der Waals surface area contributed by atoms with Gasteiger partial charge in [-0.15, -0.1) is 0 Å². The summed E-state index contributed by atoms with van der Waals surface area (Å²) in [4.78, 5) is 2.47. The highest BCUT2D eigenvalue weighted by Gasteiger charge is 2.18. The molecule has 0 atom stereocenters. The van der Waals surface area contributed by atoms with Crippen LogP contribution in [-0.2, 0) is 5.54 Å². The van der Waals surface area contributed by atoms with E-state index < -0.39 is 0 Å². The van der Waals surface area contributed by atoms with E-state index in [2.05, 4.69) is 48.3 Å². The van der Waals surface area contributed by atoms with Gasteiger partial charge in [-0.3, -0.25) is 0 Å². The zero-order valence-electron chi connectivity index (χ0n) is 10.6. The van der Waals surface area contributed by atoms with Gasteiger partial charge in [-0.2, -0.15) is 0 Å². The van der Waals surface area contributed by atoms with Gasteiger partial charge in [0.25, 0.3) is 0 Å². The van der Waals surface area contributed by atoms with Crippen LogP contribution >= 0.6 is 0 Å². The summed E-state index contributed by atoms with van der Waals surface area (Å²) in [5.41, 5.74) is 2.77. The number of benzene rings is 1. The average Bonchev–Trinajstić information content (AvgIpc) is 2.83. The Morgan fingerprint density at radius 1 is 1.06 bits per heavy atom. The van der Waals surface area contributed by atoms with Gasteiger partial charge in [0.2, 0.25) is 0 Å². The van der Waals surface area contributed by atoms with Crippen LogP contribution in [0.4, 0.5) is 5.69 Å². The number of rotatable bonds is 3. The monoisotopic (exact) mass is 218 g/mol. The van der Waals surface area contributed by atoms with Gasteiger partial charge in [0.05, 0.1) is 0 Å². The molecule has 2 nitrogen and oxygen atoms in total. The second kappa shape index (κ2) is 4.46. The first-order valence-electron chi connectivity index (χ1n) is 6.18. The minimum Gasteiger partial charge on any atom is -0.372 e. The van der Waals surface area contributed by atoms with Crippen molar-refractivity contribution < 1.29 is 0 Å². The molecule has 2 rings (SSSR count). The Kier molecular flexibility index (Phi) is 3.20. The lowest BCUT2D eigenvalue weighted by Crippen LogP contribution is -2.33. The van der Waals surface area contributed by atoms with Gasteiger partial charge in [0.1, 0.15) is 0 Å². The molecule has 88 valence electrons. The molecule has 0 radical (unpaired) electrons. The molecule has 16 heavy (non-hydrogen) atoms. The van der Waals surface area contributed by atoms with Crippen molar-refractivity contribution in [2.24, 2.45) is 0 Å². The van der Waals surface area contributed by atoms with Crippen molar-refractivity contribution in [2.45, 2.75) is 32.2 Å². The Morgan fingerprint density at radius 2 is 1.62 bits per heavy atom. The molecule has 1 aromatic carbocycles. The third-order valence-electron chi connectivity index (χ3n) is 3.69. The lowest BCUT2D eigenvalue weighted by atomic mass is 9.94. The number of anilines is 1. The van der Waals surface area contributed by atoms with E-state index in [1.807, 2.05) is 7.05 Å². The molecule has 2 heteroatoms. The van der Waals surface area contributed by atoms with Crippen LogP contribution in [0, 0.1) is 0 Å². The number of nitrogens with one attached hydrogen (secondary N) is 1. The lowest BCUT2D eigenvalue weighted by molar-refractivity contribution is 0.445. The van der Waals surface area contributed by atoms with Crippen LogP contribution in [0.2, 0.25) is 0 Å². The third kappa shape index (κ3) is 2.22. The Hall–Kier alpha value is -1.02. The summed E-state index contributed by atoms with van der Waals surface area (Å²) in [5.74, 6) is 0. The third-order valence-corrected chi connectivity index (χ3v) is 3.69. The maximum Gasteiger partial charge on any atom is 0.0375 e. The standard InChI is InChI=1S/C14H22N2/c1-14(2,15-3)12-6-8-13(9-7-12)16-10-4-5-11-16/h6-9,15H,4-5,10-11H2,1-3H3. The van der Waals surface area contributed by atoms with Gasteiger partial charge in [-0.25, -0.2) is 0 Å². The van der Waals surface area contributed by atoms with Crippen LogP contribution in [0.15, 0.2) is 24.3 Å². The summed E-state index contributed by atoms with van der Waals surface area (Å²) < 4.78 is 0. The summed E-state index contributed by atoms with van der Waals surface area (Å²) in [6.07, 6.45) is 2.67. The van der Waals surface area contributed by atoms with Crippen LogP contribution in [0.5, 0.6) is 0 Å². The summed E-state index contributed by atoms with van der Waals surface area (Å²) in [7, 11) is 2.01. The molecule has 1 fully saturated rings. The van der Waals surface area contributed by atoms with Crippen LogP contribution in [0.1, 0.15) is 32.3 Å². The van der Waals surface area contributed by atoms with Gasteiger partial charge in [-0.05, 0) is 51.4 Å². The minimum absolute atomic E-state index is 0.0591. The second-order valence-corrected chi connectivity index (χ2v) is 5.12. The van der Waals surface area contributed by atoms with Crippen molar-refractivity contribution >= 4 is 5.69 Å². The van der Waals surface area contributed by atoms with E-state index in [0.717, 1.165) is 0 Å². The van der Waals surface area contributed by atoms with Gasteiger partial charge in [0, 0.05) is 24.3 Å². The Morgan fingerprint density at radius 3 is 2.12 bits per heavy atom. The molecule has 1 saturated heterocycles. The highest BCUT2D eigenvalue weighted by atomic mass is 15.1. The highest BCUT2D eigenvalue weighted by molar-refractivity contribution is 5.49. The summed E-state index contributed by atoms with van der Waals surface area (Å²) >= 11 is 0. The molecule has 0 amide bonds. The molecule has 1 aliphatic heterocycles. The molecule has 0 saturated carbocycles. The fourth-order valence-electron chi connectivity index (χ4n) is 2.21. The summed E-state index contributed by atoms with van der Waals surface area (Å²) in [6.45, 7) is 6.85. The van der Waals surface area contributed by atoms with E-state index in [1.54, 1.807) is 0 Å². The molecule has 0 bridgehead atoms. The first-order valence-corrected chi connectivity index (χ1v) is 6.18. The van der Waals surface area contributed by atoms with Crippen LogP contribution in [0.3, 0.4) is 0 Å². The van der Waals surface area contributed by atoms with Crippen LogP contribution in [0.25, 0.3) is 0 Å². The molecule has 0 aliphatic carbocycles. The predicted molar refractivity (Wildman–Crippen MR) is 70.0 cm³/mol. The topological polar surface area (TPSA) is 15.3 Å². The molecule has 1 aromatic rings. The molecule has 0 aromatic heterocycles. The van der Waals surface area contributed by atoms with Crippen molar-refractivity contribution in [3.8, 4) is 0 Å². The molecule has 0 spiro atoms. The largest absolute Gasteiger partial charge is 0.372 e. The van der Waals surface area contributed by atoms with E-state index in [4.69, 9.17) is 0 Å². The first kappa shape index (κ1) is 11.5. The minimum atomic E-state index is 0.0591. The van der Waals surface area contributed by atoms with Gasteiger partial charge in [-0.1, -0.05) is 12.1 Å². The van der Waals surface area contributed by atoms with Crippen LogP contribution < -0.4 is 10.2 Å². The zero-order chi connectivity index (χ0) is 11.6. The summed E-state index contributed by atoms with van der Waals surface area (Å²) in [5, 5.41) is 3.33. The fourth-order valence-corrected chi connectivity index (χ4v) is 2.21. The normalized spacial score (nSPS) is 16.8. The number of hydrogen-bond donors (Lipinski definition) is 1. The Labute approximate surface area is 98.7 Å². The molecular formula is C14H22N2. The van der Waals surface area contributed by atoms with Gasteiger partial charge in [0.15, 0.2) is 0 Å². The van der Waals surface area contributed by atoms with E-state index in [1.165, 1.54) is 37.2 Å². The molecular weight excluding hydrogens is 196 g/mol. The zero-order valence-corrected chi connectivity index (χ0v) is 10.6. The van der Waals surface area contributed by atoms with Crippen molar-refractivity contribution in [1.82, 2.24) is 5.32 Å². The van der Waals surface area contributed by atoms with E-state index in [0.29, 0.717) is 0 Å². The molecule has 1 N–H and O–H groups in total. The van der Waals surface area contributed by atoms with Crippen LogP contribution in [-0.4, -0.2) is 20.1 Å². The lowest BCUT2D eigenvalue weighted by Gasteiger charge is -2.26. The smallest absolute Gasteiger partial charge is 0.0375 e. The maximum absolute atomic E-state index is 3.33. The number of nitrogens with zero attached hydrogens (tertiary/aromatic N) is 1. The van der Waals surface area contributed by atoms with Gasteiger partial charge < -0.3 is 10.2 Å². The molecule has 1 heterocycles. The van der Waals surface area contributed by atoms with E-state index in [9.17, 15) is 0 Å². The quantitative estimate of drug-likeness (QED) is 0.839. The second-order valence-electron chi connectivity index (χ2n) is 5.12. The fraction of sp³-hybridized carbons (Fsp3) is 0.571. The van der Waals surface area contributed by atoms with Crippen molar-refractivity contribution in [1.29, 1.82) is 0 Å². The molecule has 0 unspecified atom stereocenters. The molecule has 1 aliphatic rings. The Balaban J connectivity index is 2.15. The van der Waals surface area contributed by atoms with Gasteiger partial charge >= 0.3 is 0 Å². The number of hydrogen-bond acceptors (Lipinski definition) is 2. The van der Waals surface area contributed by atoms with Crippen molar-refractivity contribution in [3.05, 3.63) is 29.8 Å². The Bertz CT molecular complexity index is 334. The maximum atomic E-state index is 3.33. The predicted octanol–water partition coefficient (Wildman–Crippen LogP) is 2.74. The average molecular weight is 218 g/mol. The van der Waals surface area contributed by atoms with E-state index >= 15 is 0 Å². The SMILES string of the molecule is CNC(C)(C)c1ccc(N2CCCC2)cc1. The highest BCUT2D eigenvalue weighted by Crippen LogP contribution is 2.25. The van der Waals surface area contributed by atoms with E-state index in [-0.39, 0.29) is 5.54 Å². The first-order chi connectivity index (χ1) is 7.63.